The number of hydrogen-bond acceptors (Lipinski definition) is 2. The van der Waals surface area contributed by atoms with Crippen LogP contribution >= 0.6 is 11.3 Å². The molecule has 0 aliphatic heterocycles. The molecular formula is C10H4F5NS. The highest BCUT2D eigenvalue weighted by atomic mass is 32.1. The molecule has 0 bridgehead atoms. The Morgan fingerprint density at radius 3 is 2.41 bits per heavy atom. The summed E-state index contributed by atoms with van der Waals surface area (Å²) < 4.78 is 63.0. The summed E-state index contributed by atoms with van der Waals surface area (Å²) in [4.78, 5) is 3.24. The summed E-state index contributed by atoms with van der Waals surface area (Å²) in [5, 5.41) is -0.0445. The first-order valence-corrected chi connectivity index (χ1v) is 5.24. The van der Waals surface area contributed by atoms with Gasteiger partial charge in [-0.05, 0) is 18.2 Å². The standard InChI is InChI=1S/C10H4F5NS/c11-5-1-2-7(12)6(3-5)8-4-17-9(16-8)10(13,14)15/h1-4H. The highest BCUT2D eigenvalue weighted by Crippen LogP contribution is 2.34. The van der Waals surface area contributed by atoms with Gasteiger partial charge in [0.05, 0.1) is 5.69 Å². The number of rotatable bonds is 1. The maximum atomic E-state index is 13.3. The third kappa shape index (κ3) is 2.44. The summed E-state index contributed by atoms with van der Waals surface area (Å²) in [5.74, 6) is -1.55. The third-order valence-electron chi connectivity index (χ3n) is 1.95. The molecule has 0 atom stereocenters. The predicted molar refractivity (Wildman–Crippen MR) is 52.5 cm³/mol. The van der Waals surface area contributed by atoms with E-state index in [1.54, 1.807) is 0 Å². The van der Waals surface area contributed by atoms with Gasteiger partial charge in [-0.3, -0.25) is 0 Å². The molecule has 0 amide bonds. The van der Waals surface area contributed by atoms with Crippen LogP contribution in [0.1, 0.15) is 5.01 Å². The number of thiazole rings is 1. The number of alkyl halides is 3. The minimum atomic E-state index is -4.58. The smallest absolute Gasteiger partial charge is 0.232 e. The van der Waals surface area contributed by atoms with Gasteiger partial charge in [-0.15, -0.1) is 11.3 Å². The molecule has 0 fully saturated rings. The number of benzene rings is 1. The van der Waals surface area contributed by atoms with Gasteiger partial charge in [-0.1, -0.05) is 0 Å². The van der Waals surface area contributed by atoms with Crippen molar-refractivity contribution in [3.05, 3.63) is 40.2 Å². The molecule has 17 heavy (non-hydrogen) atoms. The molecule has 90 valence electrons. The Labute approximate surface area is 96.5 Å². The highest BCUT2D eigenvalue weighted by molar-refractivity contribution is 7.10. The second-order valence-corrected chi connectivity index (χ2v) is 4.02. The zero-order valence-corrected chi connectivity index (χ0v) is 8.87. The SMILES string of the molecule is Fc1ccc(F)c(-c2csc(C(F)(F)F)n2)c1. The van der Waals surface area contributed by atoms with Crippen molar-refractivity contribution in [3.63, 3.8) is 0 Å². The summed E-state index contributed by atoms with van der Waals surface area (Å²) in [5.41, 5.74) is -0.504. The molecule has 0 saturated heterocycles. The molecule has 7 heteroatoms. The van der Waals surface area contributed by atoms with Gasteiger partial charge in [0.25, 0.3) is 0 Å². The average Bonchev–Trinajstić information content (AvgIpc) is 2.70. The molecule has 0 aliphatic carbocycles. The molecule has 1 aromatic carbocycles. The van der Waals surface area contributed by atoms with Crippen LogP contribution in [-0.2, 0) is 6.18 Å². The molecule has 1 nitrogen and oxygen atoms in total. The summed E-state index contributed by atoms with van der Waals surface area (Å²) in [7, 11) is 0. The van der Waals surface area contributed by atoms with E-state index < -0.39 is 22.8 Å². The van der Waals surface area contributed by atoms with Gasteiger partial charge in [0.15, 0.2) is 5.01 Å². The average molecular weight is 265 g/mol. The van der Waals surface area contributed by atoms with Gasteiger partial charge < -0.3 is 0 Å². The molecule has 0 radical (unpaired) electrons. The van der Waals surface area contributed by atoms with E-state index in [1.165, 1.54) is 0 Å². The van der Waals surface area contributed by atoms with Gasteiger partial charge in [-0.25, -0.2) is 13.8 Å². The maximum absolute atomic E-state index is 13.3. The van der Waals surface area contributed by atoms with Crippen LogP contribution in [0.5, 0.6) is 0 Å². The maximum Gasteiger partial charge on any atom is 0.443 e. The van der Waals surface area contributed by atoms with E-state index in [2.05, 4.69) is 4.98 Å². The molecule has 2 rings (SSSR count). The number of aromatic nitrogens is 1. The molecule has 0 aliphatic rings. The topological polar surface area (TPSA) is 12.9 Å². The Morgan fingerprint density at radius 2 is 1.82 bits per heavy atom. The van der Waals surface area contributed by atoms with Crippen LogP contribution in [0.15, 0.2) is 23.6 Å². The van der Waals surface area contributed by atoms with Crippen molar-refractivity contribution in [3.8, 4) is 11.3 Å². The van der Waals surface area contributed by atoms with Crippen molar-refractivity contribution in [2.45, 2.75) is 6.18 Å². The lowest BCUT2D eigenvalue weighted by molar-refractivity contribution is -0.137. The second kappa shape index (κ2) is 4.06. The minimum absolute atomic E-state index is 0.223. The van der Waals surface area contributed by atoms with Crippen LogP contribution in [0.25, 0.3) is 11.3 Å². The molecule has 0 saturated carbocycles. The lowest BCUT2D eigenvalue weighted by atomic mass is 10.1. The number of nitrogens with zero attached hydrogens (tertiary/aromatic N) is 1. The lowest BCUT2D eigenvalue weighted by Gasteiger charge is -2.01. The van der Waals surface area contributed by atoms with Crippen LogP contribution in [0.3, 0.4) is 0 Å². The van der Waals surface area contributed by atoms with Crippen LogP contribution < -0.4 is 0 Å². The Balaban J connectivity index is 2.47. The predicted octanol–water partition coefficient (Wildman–Crippen LogP) is 4.11. The molecule has 2 aromatic rings. The van der Waals surface area contributed by atoms with Crippen molar-refractivity contribution in [1.82, 2.24) is 4.98 Å². The Hall–Kier alpha value is -1.50. The van der Waals surface area contributed by atoms with Gasteiger partial charge in [0.1, 0.15) is 11.6 Å². The first-order valence-electron chi connectivity index (χ1n) is 4.36. The Bertz CT molecular complexity index is 546. The van der Waals surface area contributed by atoms with E-state index in [0.717, 1.165) is 23.6 Å². The molecule has 0 spiro atoms. The van der Waals surface area contributed by atoms with E-state index in [4.69, 9.17) is 0 Å². The fourth-order valence-corrected chi connectivity index (χ4v) is 1.91. The van der Waals surface area contributed by atoms with Crippen molar-refractivity contribution >= 4 is 11.3 Å². The number of hydrogen-bond donors (Lipinski definition) is 0. The van der Waals surface area contributed by atoms with E-state index in [0.29, 0.717) is 11.3 Å². The molecule has 1 heterocycles. The van der Waals surface area contributed by atoms with E-state index in [9.17, 15) is 22.0 Å². The van der Waals surface area contributed by atoms with Crippen LogP contribution in [0.4, 0.5) is 22.0 Å². The Kier molecular flexibility index (Phi) is 2.86. The van der Waals surface area contributed by atoms with Crippen LogP contribution in [0, 0.1) is 11.6 Å². The van der Waals surface area contributed by atoms with Gasteiger partial charge in [0, 0.05) is 10.9 Å². The normalized spacial score (nSPS) is 11.8. The molecule has 1 aromatic heterocycles. The van der Waals surface area contributed by atoms with Crippen LogP contribution in [0.2, 0.25) is 0 Å². The van der Waals surface area contributed by atoms with Crippen LogP contribution in [-0.4, -0.2) is 4.98 Å². The van der Waals surface area contributed by atoms with Gasteiger partial charge >= 0.3 is 6.18 Å². The minimum Gasteiger partial charge on any atom is -0.232 e. The first-order chi connectivity index (χ1) is 7.88. The molecule has 0 N–H and O–H groups in total. The third-order valence-corrected chi connectivity index (χ3v) is 2.84. The summed E-state index contributed by atoms with van der Waals surface area (Å²) in [6.45, 7) is 0. The van der Waals surface area contributed by atoms with Crippen molar-refractivity contribution < 1.29 is 22.0 Å². The largest absolute Gasteiger partial charge is 0.443 e. The van der Waals surface area contributed by atoms with Gasteiger partial charge in [0.2, 0.25) is 0 Å². The lowest BCUT2D eigenvalue weighted by Crippen LogP contribution is -2.03. The highest BCUT2D eigenvalue weighted by Gasteiger charge is 2.34. The molecular weight excluding hydrogens is 261 g/mol. The number of halogens is 5. The van der Waals surface area contributed by atoms with Crippen molar-refractivity contribution in [2.75, 3.05) is 0 Å². The summed E-state index contributed by atoms with van der Waals surface area (Å²) >= 11 is 0.341. The van der Waals surface area contributed by atoms with E-state index in [-0.39, 0.29) is 11.3 Å². The quantitative estimate of drug-likeness (QED) is 0.707. The van der Waals surface area contributed by atoms with E-state index in [1.807, 2.05) is 0 Å². The molecule has 0 unspecified atom stereocenters. The monoisotopic (exact) mass is 265 g/mol. The van der Waals surface area contributed by atoms with Crippen molar-refractivity contribution in [2.24, 2.45) is 0 Å². The van der Waals surface area contributed by atoms with Gasteiger partial charge in [-0.2, -0.15) is 13.2 Å². The zero-order valence-electron chi connectivity index (χ0n) is 8.05. The fraction of sp³-hybridized carbons (Fsp3) is 0.100. The first kappa shape index (κ1) is 12.0. The zero-order chi connectivity index (χ0) is 12.6. The van der Waals surface area contributed by atoms with E-state index >= 15 is 0 Å². The van der Waals surface area contributed by atoms with Crippen molar-refractivity contribution in [1.29, 1.82) is 0 Å². The Morgan fingerprint density at radius 1 is 1.12 bits per heavy atom. The second-order valence-electron chi connectivity index (χ2n) is 3.16. The fourth-order valence-electron chi connectivity index (χ4n) is 1.22. The summed E-state index contributed by atoms with van der Waals surface area (Å²) in [6.07, 6.45) is -4.58. The summed E-state index contributed by atoms with van der Waals surface area (Å²) in [6, 6.07) is 2.54.